The first-order valence-electron chi connectivity index (χ1n) is 5.54. The lowest BCUT2D eigenvalue weighted by molar-refractivity contribution is 0.468. The van der Waals surface area contributed by atoms with E-state index in [-0.39, 0.29) is 0 Å². The summed E-state index contributed by atoms with van der Waals surface area (Å²) in [4.78, 5) is 4.41. The van der Waals surface area contributed by atoms with E-state index in [1.165, 1.54) is 6.42 Å². The van der Waals surface area contributed by atoms with E-state index in [1.54, 1.807) is 11.3 Å². The Morgan fingerprint density at radius 1 is 1.60 bits per heavy atom. The molecule has 0 saturated carbocycles. The first-order chi connectivity index (χ1) is 7.22. The minimum absolute atomic E-state index is 0.702. The van der Waals surface area contributed by atoms with E-state index >= 15 is 0 Å². The van der Waals surface area contributed by atoms with Gasteiger partial charge in [-0.3, -0.25) is 0 Å². The van der Waals surface area contributed by atoms with Gasteiger partial charge in [0, 0.05) is 11.9 Å². The first kappa shape index (κ1) is 12.6. The minimum Gasteiger partial charge on any atom is -0.330 e. The van der Waals surface area contributed by atoms with Crippen molar-refractivity contribution < 1.29 is 0 Å². The quantitative estimate of drug-likeness (QED) is 0.748. The molecule has 0 aliphatic carbocycles. The van der Waals surface area contributed by atoms with Gasteiger partial charge >= 0.3 is 0 Å². The largest absolute Gasteiger partial charge is 0.330 e. The molecule has 1 atom stereocenters. The Labute approximate surface area is 96.1 Å². The van der Waals surface area contributed by atoms with E-state index in [2.05, 4.69) is 22.6 Å². The topological polar surface area (TPSA) is 50.9 Å². The molecule has 0 amide bonds. The molecule has 1 unspecified atom stereocenters. The predicted molar refractivity (Wildman–Crippen MR) is 66.0 cm³/mol. The van der Waals surface area contributed by atoms with Gasteiger partial charge in [0.2, 0.25) is 0 Å². The van der Waals surface area contributed by atoms with Crippen LogP contribution in [0.3, 0.4) is 0 Å². The molecule has 1 rings (SSSR count). The molecule has 0 aromatic carbocycles. The van der Waals surface area contributed by atoms with E-state index in [1.807, 2.05) is 6.92 Å². The Bertz CT molecular complexity index is 273. The second-order valence-corrected chi connectivity index (χ2v) is 5.09. The number of hydrogen-bond acceptors (Lipinski definition) is 4. The number of aryl methyl sites for hydroxylation is 1. The van der Waals surface area contributed by atoms with Gasteiger partial charge < -0.3 is 11.1 Å². The highest BCUT2D eigenvalue weighted by atomic mass is 32.1. The van der Waals surface area contributed by atoms with Crippen molar-refractivity contribution in [2.24, 2.45) is 11.7 Å². The molecule has 1 aromatic rings. The van der Waals surface area contributed by atoms with Gasteiger partial charge in [-0.15, -0.1) is 11.3 Å². The smallest absolute Gasteiger partial charge is 0.0897 e. The van der Waals surface area contributed by atoms with Crippen LogP contribution in [0.2, 0.25) is 0 Å². The molecule has 0 saturated heterocycles. The highest BCUT2D eigenvalue weighted by Crippen LogP contribution is 2.08. The summed E-state index contributed by atoms with van der Waals surface area (Å²) in [5.74, 6) is 0.702. The normalized spacial score (nSPS) is 13.0. The van der Waals surface area contributed by atoms with Gasteiger partial charge in [-0.2, -0.15) is 0 Å². The molecule has 0 radical (unpaired) electrons. The molecule has 0 aliphatic rings. The molecule has 1 heterocycles. The van der Waals surface area contributed by atoms with Crippen molar-refractivity contribution in [1.29, 1.82) is 0 Å². The van der Waals surface area contributed by atoms with E-state index < -0.39 is 0 Å². The Balaban J connectivity index is 2.10. The Morgan fingerprint density at radius 3 is 3.00 bits per heavy atom. The second kappa shape index (κ2) is 6.93. The summed E-state index contributed by atoms with van der Waals surface area (Å²) in [5.41, 5.74) is 6.63. The molecular weight excluding hydrogens is 206 g/mol. The van der Waals surface area contributed by atoms with Crippen LogP contribution in [0.5, 0.6) is 0 Å². The average molecular weight is 227 g/mol. The SMILES string of the molecule is Cc1nc(CNCC(C)CCCN)cs1. The molecule has 0 spiro atoms. The van der Waals surface area contributed by atoms with Gasteiger partial charge in [0.15, 0.2) is 0 Å². The van der Waals surface area contributed by atoms with Crippen LogP contribution in [-0.2, 0) is 6.54 Å². The Hall–Kier alpha value is -0.450. The maximum Gasteiger partial charge on any atom is 0.0897 e. The van der Waals surface area contributed by atoms with Gasteiger partial charge in [-0.05, 0) is 38.8 Å². The number of hydrogen-bond donors (Lipinski definition) is 2. The number of rotatable bonds is 7. The van der Waals surface area contributed by atoms with Crippen LogP contribution in [-0.4, -0.2) is 18.1 Å². The standard InChI is InChI=1S/C11H21N3S/c1-9(4-3-5-12)6-13-7-11-8-15-10(2)14-11/h8-9,13H,3-7,12H2,1-2H3. The van der Waals surface area contributed by atoms with Crippen molar-refractivity contribution in [3.8, 4) is 0 Å². The van der Waals surface area contributed by atoms with Crippen LogP contribution >= 0.6 is 11.3 Å². The minimum atomic E-state index is 0.702. The van der Waals surface area contributed by atoms with E-state index in [0.717, 1.165) is 36.8 Å². The van der Waals surface area contributed by atoms with Crippen LogP contribution in [0.25, 0.3) is 0 Å². The van der Waals surface area contributed by atoms with E-state index in [4.69, 9.17) is 5.73 Å². The van der Waals surface area contributed by atoms with Crippen LogP contribution in [0.15, 0.2) is 5.38 Å². The molecule has 0 bridgehead atoms. The molecule has 0 fully saturated rings. The predicted octanol–water partition coefficient (Wildman–Crippen LogP) is 1.92. The molecular formula is C11H21N3S. The lowest BCUT2D eigenvalue weighted by Gasteiger charge is -2.10. The number of nitrogens with one attached hydrogen (secondary N) is 1. The fraction of sp³-hybridized carbons (Fsp3) is 0.727. The monoisotopic (exact) mass is 227 g/mol. The summed E-state index contributed by atoms with van der Waals surface area (Å²) in [6, 6.07) is 0. The molecule has 1 aromatic heterocycles. The van der Waals surface area contributed by atoms with Gasteiger partial charge in [0.05, 0.1) is 10.7 Å². The third-order valence-corrected chi connectivity index (χ3v) is 3.19. The van der Waals surface area contributed by atoms with Gasteiger partial charge in [-0.1, -0.05) is 6.92 Å². The number of nitrogens with zero attached hydrogens (tertiary/aromatic N) is 1. The number of nitrogens with two attached hydrogens (primary N) is 1. The lowest BCUT2D eigenvalue weighted by atomic mass is 10.1. The van der Waals surface area contributed by atoms with Crippen molar-refractivity contribution in [3.63, 3.8) is 0 Å². The third kappa shape index (κ3) is 5.25. The Kier molecular flexibility index (Phi) is 5.83. The van der Waals surface area contributed by atoms with Gasteiger partial charge in [0.25, 0.3) is 0 Å². The number of thiazole rings is 1. The highest BCUT2D eigenvalue weighted by Gasteiger charge is 2.02. The molecule has 0 aliphatic heterocycles. The average Bonchev–Trinajstić information content (AvgIpc) is 2.61. The van der Waals surface area contributed by atoms with Crippen molar-refractivity contribution >= 4 is 11.3 Å². The van der Waals surface area contributed by atoms with Gasteiger partial charge in [-0.25, -0.2) is 4.98 Å². The van der Waals surface area contributed by atoms with Gasteiger partial charge in [0.1, 0.15) is 0 Å². The summed E-state index contributed by atoms with van der Waals surface area (Å²) in [7, 11) is 0. The zero-order valence-corrected chi connectivity index (χ0v) is 10.4. The summed E-state index contributed by atoms with van der Waals surface area (Å²) in [6.07, 6.45) is 2.33. The van der Waals surface area contributed by atoms with Crippen molar-refractivity contribution in [2.45, 2.75) is 33.2 Å². The summed E-state index contributed by atoms with van der Waals surface area (Å²) >= 11 is 1.71. The molecule has 3 nitrogen and oxygen atoms in total. The van der Waals surface area contributed by atoms with Crippen LogP contribution in [0.4, 0.5) is 0 Å². The second-order valence-electron chi connectivity index (χ2n) is 4.02. The highest BCUT2D eigenvalue weighted by molar-refractivity contribution is 7.09. The number of aromatic nitrogens is 1. The third-order valence-electron chi connectivity index (χ3n) is 2.37. The summed E-state index contributed by atoms with van der Waals surface area (Å²) in [5, 5.41) is 6.69. The first-order valence-corrected chi connectivity index (χ1v) is 6.42. The molecule has 86 valence electrons. The maximum atomic E-state index is 5.47. The molecule has 4 heteroatoms. The Morgan fingerprint density at radius 2 is 2.40 bits per heavy atom. The molecule has 15 heavy (non-hydrogen) atoms. The van der Waals surface area contributed by atoms with E-state index in [0.29, 0.717) is 5.92 Å². The lowest BCUT2D eigenvalue weighted by Crippen LogP contribution is -2.21. The van der Waals surface area contributed by atoms with Crippen molar-refractivity contribution in [3.05, 3.63) is 16.1 Å². The summed E-state index contributed by atoms with van der Waals surface area (Å²) in [6.45, 7) is 7.04. The van der Waals surface area contributed by atoms with Crippen LogP contribution in [0.1, 0.15) is 30.5 Å². The molecule has 3 N–H and O–H groups in total. The van der Waals surface area contributed by atoms with E-state index in [9.17, 15) is 0 Å². The maximum absolute atomic E-state index is 5.47. The van der Waals surface area contributed by atoms with Crippen molar-refractivity contribution in [2.75, 3.05) is 13.1 Å². The van der Waals surface area contributed by atoms with Crippen LogP contribution < -0.4 is 11.1 Å². The fourth-order valence-electron chi connectivity index (χ4n) is 1.50. The summed E-state index contributed by atoms with van der Waals surface area (Å²) < 4.78 is 0. The fourth-order valence-corrected chi connectivity index (χ4v) is 2.12. The zero-order valence-electron chi connectivity index (χ0n) is 9.62. The van der Waals surface area contributed by atoms with Crippen LogP contribution in [0, 0.1) is 12.8 Å². The zero-order chi connectivity index (χ0) is 11.1. The van der Waals surface area contributed by atoms with Crippen molar-refractivity contribution in [1.82, 2.24) is 10.3 Å².